The molecular weight excluding hydrogens is 284 g/mol. The minimum absolute atomic E-state index is 0.200. The molecule has 1 atom stereocenters. The van der Waals surface area contributed by atoms with Crippen LogP contribution in [0.25, 0.3) is 0 Å². The Kier molecular flexibility index (Phi) is 5.25. The van der Waals surface area contributed by atoms with E-state index in [2.05, 4.69) is 5.32 Å². The molecule has 110 valence electrons. The topological polar surface area (TPSA) is 75.4 Å². The molecule has 0 aromatic heterocycles. The molecule has 0 heterocycles. The number of carbonyl (C=O) groups is 1. The summed E-state index contributed by atoms with van der Waals surface area (Å²) in [6, 6.07) is 13.7. The van der Waals surface area contributed by atoms with Crippen molar-refractivity contribution in [1.82, 2.24) is 0 Å². The summed E-state index contributed by atoms with van der Waals surface area (Å²) < 4.78 is 0. The molecule has 0 aliphatic heterocycles. The molecule has 0 aliphatic rings. The van der Waals surface area contributed by atoms with Gasteiger partial charge in [0, 0.05) is 10.6 Å². The third kappa shape index (κ3) is 4.51. The first-order valence-corrected chi connectivity index (χ1v) is 7.79. The summed E-state index contributed by atoms with van der Waals surface area (Å²) in [4.78, 5) is 13.2. The fraction of sp³-hybridized carbons (Fsp3) is 0.188. The number of hydrogen-bond donors (Lipinski definition) is 3. The molecule has 2 aromatic carbocycles. The molecule has 0 radical (unpaired) electrons. The van der Waals surface area contributed by atoms with Crippen molar-refractivity contribution in [1.29, 1.82) is 0 Å². The number of carbonyl (C=O) groups excluding carboxylic acids is 1. The number of phenolic OH excluding ortho intramolecular Hbond substituents is 1. The summed E-state index contributed by atoms with van der Waals surface area (Å²) in [6.45, 7) is 0. The monoisotopic (exact) mass is 302 g/mol. The molecule has 21 heavy (non-hydrogen) atoms. The second-order valence-electron chi connectivity index (χ2n) is 4.69. The standard InChI is InChI=1S/C16H18N2O2S/c1-21-14-8-4-12(5-9-14)18-16(20)15(17)10-11-2-6-13(19)7-3-11/h2-9,15,19H,10,17H2,1H3,(H,18,20). The van der Waals surface area contributed by atoms with E-state index in [1.54, 1.807) is 36.0 Å². The van der Waals surface area contributed by atoms with Gasteiger partial charge in [0.2, 0.25) is 5.91 Å². The second kappa shape index (κ2) is 7.15. The number of aromatic hydroxyl groups is 1. The van der Waals surface area contributed by atoms with Crippen LogP contribution in [0, 0.1) is 0 Å². The van der Waals surface area contributed by atoms with Gasteiger partial charge in [-0.3, -0.25) is 4.79 Å². The van der Waals surface area contributed by atoms with Crippen molar-refractivity contribution < 1.29 is 9.90 Å². The maximum Gasteiger partial charge on any atom is 0.241 e. The van der Waals surface area contributed by atoms with E-state index in [0.717, 1.165) is 16.1 Å². The molecule has 0 aliphatic carbocycles. The van der Waals surface area contributed by atoms with Crippen molar-refractivity contribution in [2.45, 2.75) is 17.4 Å². The molecule has 4 nitrogen and oxygen atoms in total. The van der Waals surface area contributed by atoms with Gasteiger partial charge in [0.15, 0.2) is 0 Å². The smallest absolute Gasteiger partial charge is 0.241 e. The largest absolute Gasteiger partial charge is 0.508 e. The van der Waals surface area contributed by atoms with E-state index in [1.165, 1.54) is 0 Å². The highest BCUT2D eigenvalue weighted by molar-refractivity contribution is 7.98. The molecule has 0 bridgehead atoms. The van der Waals surface area contributed by atoms with Crippen molar-refractivity contribution in [2.75, 3.05) is 11.6 Å². The average Bonchev–Trinajstić information content (AvgIpc) is 2.50. The van der Waals surface area contributed by atoms with Gasteiger partial charge >= 0.3 is 0 Å². The van der Waals surface area contributed by atoms with Crippen LogP contribution < -0.4 is 11.1 Å². The third-order valence-electron chi connectivity index (χ3n) is 3.09. The van der Waals surface area contributed by atoms with Crippen LogP contribution in [-0.2, 0) is 11.2 Å². The predicted molar refractivity (Wildman–Crippen MR) is 86.6 cm³/mol. The molecule has 1 amide bonds. The molecule has 4 N–H and O–H groups in total. The van der Waals surface area contributed by atoms with Gasteiger partial charge in [-0.25, -0.2) is 0 Å². The van der Waals surface area contributed by atoms with Crippen molar-refractivity contribution in [3.05, 3.63) is 54.1 Å². The number of benzene rings is 2. The second-order valence-corrected chi connectivity index (χ2v) is 5.57. The Hall–Kier alpha value is -1.98. The first-order valence-electron chi connectivity index (χ1n) is 6.57. The van der Waals surface area contributed by atoms with Crippen LogP contribution >= 0.6 is 11.8 Å². The van der Waals surface area contributed by atoms with Crippen LogP contribution in [0.2, 0.25) is 0 Å². The summed E-state index contributed by atoms with van der Waals surface area (Å²) in [7, 11) is 0. The van der Waals surface area contributed by atoms with Gasteiger partial charge in [-0.05, 0) is 54.6 Å². The average molecular weight is 302 g/mol. The number of rotatable bonds is 5. The van der Waals surface area contributed by atoms with E-state index in [0.29, 0.717) is 6.42 Å². The van der Waals surface area contributed by atoms with Crippen molar-refractivity contribution in [3.8, 4) is 5.75 Å². The highest BCUT2D eigenvalue weighted by Gasteiger charge is 2.14. The number of amides is 1. The lowest BCUT2D eigenvalue weighted by Gasteiger charge is -2.12. The van der Waals surface area contributed by atoms with E-state index in [-0.39, 0.29) is 11.7 Å². The quantitative estimate of drug-likeness (QED) is 0.742. The highest BCUT2D eigenvalue weighted by Crippen LogP contribution is 2.18. The summed E-state index contributed by atoms with van der Waals surface area (Å²) in [5.74, 6) is -0.0226. The number of anilines is 1. The third-order valence-corrected chi connectivity index (χ3v) is 3.83. The van der Waals surface area contributed by atoms with Gasteiger partial charge in [-0.15, -0.1) is 11.8 Å². The van der Waals surface area contributed by atoms with E-state index < -0.39 is 6.04 Å². The Morgan fingerprint density at radius 1 is 1.19 bits per heavy atom. The molecule has 0 saturated heterocycles. The SMILES string of the molecule is CSc1ccc(NC(=O)C(N)Cc2ccc(O)cc2)cc1. The normalized spacial score (nSPS) is 11.9. The van der Waals surface area contributed by atoms with E-state index in [9.17, 15) is 9.90 Å². The summed E-state index contributed by atoms with van der Waals surface area (Å²) in [6.07, 6.45) is 2.43. The van der Waals surface area contributed by atoms with Crippen molar-refractivity contribution >= 4 is 23.4 Å². The Bertz CT molecular complexity index is 597. The van der Waals surface area contributed by atoms with E-state index in [4.69, 9.17) is 5.73 Å². The van der Waals surface area contributed by atoms with E-state index >= 15 is 0 Å². The summed E-state index contributed by atoms with van der Waals surface area (Å²) in [5, 5.41) is 12.0. The molecule has 0 spiro atoms. The molecule has 0 fully saturated rings. The fourth-order valence-corrected chi connectivity index (χ4v) is 2.30. The first kappa shape index (κ1) is 15.4. The molecule has 2 rings (SSSR count). The molecule has 2 aromatic rings. The Labute approximate surface area is 128 Å². The maximum atomic E-state index is 12.0. The molecular formula is C16H18N2O2S. The van der Waals surface area contributed by atoms with Crippen LogP contribution in [0.1, 0.15) is 5.56 Å². The van der Waals surface area contributed by atoms with Crippen LogP contribution in [0.15, 0.2) is 53.4 Å². The van der Waals surface area contributed by atoms with Gasteiger partial charge < -0.3 is 16.2 Å². The number of thioether (sulfide) groups is 1. The van der Waals surface area contributed by atoms with Crippen molar-refractivity contribution in [2.24, 2.45) is 5.73 Å². The van der Waals surface area contributed by atoms with Crippen LogP contribution in [0.3, 0.4) is 0 Å². The van der Waals surface area contributed by atoms with Crippen LogP contribution in [-0.4, -0.2) is 23.3 Å². The Balaban J connectivity index is 1.93. The van der Waals surface area contributed by atoms with Gasteiger partial charge in [0.05, 0.1) is 6.04 Å². The zero-order valence-corrected chi connectivity index (χ0v) is 12.6. The Morgan fingerprint density at radius 3 is 2.38 bits per heavy atom. The van der Waals surface area contributed by atoms with Crippen molar-refractivity contribution in [3.63, 3.8) is 0 Å². The predicted octanol–water partition coefficient (Wildman–Crippen LogP) is 2.62. The van der Waals surface area contributed by atoms with Gasteiger partial charge in [-0.2, -0.15) is 0 Å². The molecule has 0 saturated carbocycles. The Morgan fingerprint density at radius 2 is 1.81 bits per heavy atom. The van der Waals surface area contributed by atoms with Crippen LogP contribution in [0.4, 0.5) is 5.69 Å². The minimum atomic E-state index is -0.630. The lowest BCUT2D eigenvalue weighted by Crippen LogP contribution is -2.37. The summed E-state index contributed by atoms with van der Waals surface area (Å²) >= 11 is 1.65. The maximum absolute atomic E-state index is 12.0. The lowest BCUT2D eigenvalue weighted by molar-refractivity contribution is -0.117. The fourth-order valence-electron chi connectivity index (χ4n) is 1.89. The minimum Gasteiger partial charge on any atom is -0.508 e. The first-order chi connectivity index (χ1) is 10.1. The number of nitrogens with one attached hydrogen (secondary N) is 1. The summed E-state index contributed by atoms with van der Waals surface area (Å²) in [5.41, 5.74) is 7.56. The van der Waals surface area contributed by atoms with Gasteiger partial charge in [-0.1, -0.05) is 12.1 Å². The number of phenols is 1. The van der Waals surface area contributed by atoms with Gasteiger partial charge in [0.25, 0.3) is 0 Å². The number of nitrogens with two attached hydrogens (primary N) is 1. The van der Waals surface area contributed by atoms with Gasteiger partial charge in [0.1, 0.15) is 5.75 Å². The lowest BCUT2D eigenvalue weighted by atomic mass is 10.1. The zero-order chi connectivity index (χ0) is 15.2. The number of hydrogen-bond acceptors (Lipinski definition) is 4. The zero-order valence-electron chi connectivity index (χ0n) is 11.7. The van der Waals surface area contributed by atoms with E-state index in [1.807, 2.05) is 30.5 Å². The molecule has 1 unspecified atom stereocenters. The van der Waals surface area contributed by atoms with Crippen LogP contribution in [0.5, 0.6) is 5.75 Å². The molecule has 5 heteroatoms. The highest BCUT2D eigenvalue weighted by atomic mass is 32.2.